The van der Waals surface area contributed by atoms with Gasteiger partial charge in [0.2, 0.25) is 0 Å². The van der Waals surface area contributed by atoms with Gasteiger partial charge in [0, 0.05) is 26.2 Å². The molecular formula is C16H17N3O5S. The molecule has 1 saturated heterocycles. The van der Waals surface area contributed by atoms with Crippen molar-refractivity contribution in [3.8, 4) is 5.75 Å². The van der Waals surface area contributed by atoms with E-state index in [1.165, 1.54) is 43.3 Å². The van der Waals surface area contributed by atoms with Gasteiger partial charge in [-0.1, -0.05) is 0 Å². The van der Waals surface area contributed by atoms with Gasteiger partial charge in [0.05, 0.1) is 12.0 Å². The van der Waals surface area contributed by atoms with Crippen LogP contribution >= 0.6 is 0 Å². The number of hydrogen-bond donors (Lipinski definition) is 0. The third-order valence-corrected chi connectivity index (χ3v) is 6.25. The predicted octanol–water partition coefficient (Wildman–Crippen LogP) is 0.0872. The average molecular weight is 363 g/mol. The number of aryl methyl sites for hydroxylation is 1. The second-order valence-electron chi connectivity index (χ2n) is 5.73. The van der Waals surface area contributed by atoms with Crippen LogP contribution in [0.25, 0.3) is 0 Å². The summed E-state index contributed by atoms with van der Waals surface area (Å²) in [7, 11) is -0.559. The third kappa shape index (κ3) is 3.14. The molecule has 0 unspecified atom stereocenters. The van der Waals surface area contributed by atoms with E-state index in [1.807, 2.05) is 0 Å². The largest absolute Gasteiger partial charge is 0.497 e. The lowest BCUT2D eigenvalue weighted by molar-refractivity contribution is 0.0650. The molecule has 0 atom stereocenters. The minimum atomic E-state index is -3.52. The first-order valence-corrected chi connectivity index (χ1v) is 9.09. The Labute approximate surface area is 144 Å². The molecule has 132 valence electrons. The molecule has 2 aromatic rings. The Morgan fingerprint density at radius 3 is 2.36 bits per heavy atom. The fourth-order valence-electron chi connectivity index (χ4n) is 2.54. The van der Waals surface area contributed by atoms with Gasteiger partial charge in [-0.15, -0.1) is 0 Å². The molecule has 0 N–H and O–H groups in total. The first-order valence-electron chi connectivity index (χ1n) is 7.54. The number of hydrogen-bond acceptors (Lipinski definition) is 6. The molecular weight excluding hydrogens is 346 g/mol. The second kappa shape index (κ2) is 6.32. The fraction of sp³-hybridized carbons (Fsp3) is 0.312. The van der Waals surface area contributed by atoms with Crippen LogP contribution in [0.1, 0.15) is 10.5 Å². The number of methoxy groups -OCH3 is 1. The lowest BCUT2D eigenvalue weighted by Crippen LogP contribution is -2.57. The van der Waals surface area contributed by atoms with E-state index in [1.54, 1.807) is 12.1 Å². The first-order chi connectivity index (χ1) is 11.8. The molecule has 1 aliphatic rings. The molecule has 9 heteroatoms. The average Bonchev–Trinajstić information content (AvgIpc) is 2.55. The minimum absolute atomic E-state index is 0.0950. The molecule has 1 fully saturated rings. The smallest absolute Gasteiger partial charge is 0.274 e. The zero-order valence-corrected chi connectivity index (χ0v) is 14.6. The Kier molecular flexibility index (Phi) is 4.34. The monoisotopic (exact) mass is 363 g/mol. The van der Waals surface area contributed by atoms with Gasteiger partial charge < -0.3 is 9.64 Å². The standard InChI is InChI=1S/C16H17N3O5S/c1-18-15(20)8-7-14(17-18)16(21)19-9-13(10-19)25(22,23)12-5-3-11(24-2)4-6-12/h3-8,13H,9-10H2,1-2H3. The van der Waals surface area contributed by atoms with E-state index < -0.39 is 21.0 Å². The molecule has 3 rings (SSSR count). The van der Waals surface area contributed by atoms with Gasteiger partial charge in [0.1, 0.15) is 16.7 Å². The van der Waals surface area contributed by atoms with Crippen LogP contribution < -0.4 is 10.3 Å². The van der Waals surface area contributed by atoms with Gasteiger partial charge in [0.25, 0.3) is 11.5 Å². The van der Waals surface area contributed by atoms with Crippen molar-refractivity contribution < 1.29 is 17.9 Å². The number of carbonyl (C=O) groups excluding carboxylic acids is 1. The van der Waals surface area contributed by atoms with Crippen LogP contribution in [0.5, 0.6) is 5.75 Å². The number of aromatic nitrogens is 2. The highest BCUT2D eigenvalue weighted by atomic mass is 32.2. The number of nitrogens with zero attached hydrogens (tertiary/aromatic N) is 3. The van der Waals surface area contributed by atoms with E-state index in [2.05, 4.69) is 5.10 Å². The number of ether oxygens (including phenoxy) is 1. The van der Waals surface area contributed by atoms with Crippen molar-refractivity contribution >= 4 is 15.7 Å². The van der Waals surface area contributed by atoms with Crippen LogP contribution in [0.4, 0.5) is 0 Å². The molecule has 2 heterocycles. The molecule has 0 spiro atoms. The van der Waals surface area contributed by atoms with Crippen LogP contribution in [0, 0.1) is 0 Å². The number of likely N-dealkylation sites (tertiary alicyclic amines) is 1. The molecule has 1 aliphatic heterocycles. The molecule has 25 heavy (non-hydrogen) atoms. The molecule has 0 saturated carbocycles. The summed E-state index contributed by atoms with van der Waals surface area (Å²) in [4.78, 5) is 25.2. The lowest BCUT2D eigenvalue weighted by atomic mass is 10.2. The van der Waals surface area contributed by atoms with Gasteiger partial charge in [-0.05, 0) is 30.3 Å². The Bertz CT molecular complexity index is 960. The Balaban J connectivity index is 1.71. The van der Waals surface area contributed by atoms with Crippen molar-refractivity contribution in [2.45, 2.75) is 10.1 Å². The van der Waals surface area contributed by atoms with Crippen LogP contribution in [-0.2, 0) is 16.9 Å². The Morgan fingerprint density at radius 2 is 1.80 bits per heavy atom. The van der Waals surface area contributed by atoms with Crippen LogP contribution in [0.2, 0.25) is 0 Å². The zero-order valence-electron chi connectivity index (χ0n) is 13.7. The maximum absolute atomic E-state index is 12.6. The maximum atomic E-state index is 12.6. The summed E-state index contributed by atoms with van der Waals surface area (Å²) in [6.45, 7) is 0.190. The molecule has 0 radical (unpaired) electrons. The summed E-state index contributed by atoms with van der Waals surface area (Å²) in [5, 5.41) is 3.23. The van der Waals surface area contributed by atoms with Gasteiger partial charge in [-0.3, -0.25) is 9.59 Å². The summed E-state index contributed by atoms with van der Waals surface area (Å²) in [5.74, 6) is 0.182. The van der Waals surface area contributed by atoms with Crippen molar-refractivity contribution in [2.75, 3.05) is 20.2 Å². The van der Waals surface area contributed by atoms with Crippen molar-refractivity contribution in [3.05, 3.63) is 52.4 Å². The topological polar surface area (TPSA) is 98.6 Å². The Morgan fingerprint density at radius 1 is 1.16 bits per heavy atom. The summed E-state index contributed by atoms with van der Waals surface area (Å²) in [5.41, 5.74) is -0.206. The highest BCUT2D eigenvalue weighted by Gasteiger charge is 2.41. The maximum Gasteiger partial charge on any atom is 0.274 e. The second-order valence-corrected chi connectivity index (χ2v) is 7.96. The fourth-order valence-corrected chi connectivity index (χ4v) is 4.19. The van der Waals surface area contributed by atoms with Crippen molar-refractivity contribution in [2.24, 2.45) is 7.05 Å². The SMILES string of the molecule is COc1ccc(S(=O)(=O)C2CN(C(=O)c3ccc(=O)n(C)n3)C2)cc1. The summed E-state index contributed by atoms with van der Waals surface area (Å²) in [6.07, 6.45) is 0. The normalized spacial score (nSPS) is 14.9. The lowest BCUT2D eigenvalue weighted by Gasteiger charge is -2.38. The van der Waals surface area contributed by atoms with Crippen molar-refractivity contribution in [1.29, 1.82) is 0 Å². The molecule has 0 aliphatic carbocycles. The van der Waals surface area contributed by atoms with Crippen LogP contribution in [0.15, 0.2) is 46.1 Å². The summed E-state index contributed by atoms with van der Waals surface area (Å²) in [6, 6.07) is 8.76. The number of rotatable bonds is 4. The van der Waals surface area contributed by atoms with E-state index in [9.17, 15) is 18.0 Å². The van der Waals surface area contributed by atoms with Crippen LogP contribution in [0.3, 0.4) is 0 Å². The van der Waals surface area contributed by atoms with E-state index in [-0.39, 0.29) is 29.2 Å². The number of amides is 1. The molecule has 1 amide bonds. The van der Waals surface area contributed by atoms with Gasteiger partial charge in [-0.25, -0.2) is 13.1 Å². The summed E-state index contributed by atoms with van der Waals surface area (Å²) >= 11 is 0. The van der Waals surface area contributed by atoms with E-state index in [4.69, 9.17) is 4.74 Å². The number of carbonyl (C=O) groups is 1. The predicted molar refractivity (Wildman–Crippen MR) is 89.3 cm³/mol. The number of sulfone groups is 1. The molecule has 1 aromatic heterocycles. The quantitative estimate of drug-likeness (QED) is 0.763. The summed E-state index contributed by atoms with van der Waals surface area (Å²) < 4.78 is 31.2. The van der Waals surface area contributed by atoms with E-state index in [0.717, 1.165) is 4.68 Å². The number of benzene rings is 1. The molecule has 1 aromatic carbocycles. The van der Waals surface area contributed by atoms with Gasteiger partial charge in [0.15, 0.2) is 9.84 Å². The Hall–Kier alpha value is -2.68. The van der Waals surface area contributed by atoms with Crippen LogP contribution in [-0.4, -0.2) is 54.5 Å². The van der Waals surface area contributed by atoms with Crippen molar-refractivity contribution in [3.63, 3.8) is 0 Å². The van der Waals surface area contributed by atoms with E-state index >= 15 is 0 Å². The van der Waals surface area contributed by atoms with Gasteiger partial charge >= 0.3 is 0 Å². The highest BCUT2D eigenvalue weighted by molar-refractivity contribution is 7.92. The van der Waals surface area contributed by atoms with Crippen molar-refractivity contribution in [1.82, 2.24) is 14.7 Å². The molecule has 8 nitrogen and oxygen atoms in total. The van der Waals surface area contributed by atoms with E-state index in [0.29, 0.717) is 5.75 Å². The highest BCUT2D eigenvalue weighted by Crippen LogP contribution is 2.26. The minimum Gasteiger partial charge on any atom is -0.497 e. The van der Waals surface area contributed by atoms with Gasteiger partial charge in [-0.2, -0.15) is 5.10 Å². The first kappa shape index (κ1) is 17.2. The zero-order chi connectivity index (χ0) is 18.2. The molecule has 0 bridgehead atoms. The third-order valence-electron chi connectivity index (χ3n) is 4.14.